The Morgan fingerprint density at radius 3 is 2.54 bits per heavy atom. The van der Waals surface area contributed by atoms with Gasteiger partial charge in [-0.3, -0.25) is 19.8 Å². The summed E-state index contributed by atoms with van der Waals surface area (Å²) in [7, 11) is 0. The highest BCUT2D eigenvalue weighted by molar-refractivity contribution is 5.87. The van der Waals surface area contributed by atoms with Gasteiger partial charge in [0.05, 0.1) is 23.0 Å². The van der Waals surface area contributed by atoms with E-state index in [1.54, 1.807) is 12.4 Å². The van der Waals surface area contributed by atoms with Gasteiger partial charge in [-0.05, 0) is 31.7 Å². The quantitative estimate of drug-likeness (QED) is 0.742. The largest absolute Gasteiger partial charge is 0.396 e. The van der Waals surface area contributed by atoms with E-state index in [0.717, 1.165) is 63.7 Å². The normalized spacial score (nSPS) is 16.6. The molecule has 24 heavy (non-hydrogen) atoms. The Labute approximate surface area is 146 Å². The lowest BCUT2D eigenvalue weighted by Gasteiger charge is -2.36. The zero-order valence-electron chi connectivity index (χ0n) is 15.4. The summed E-state index contributed by atoms with van der Waals surface area (Å²) in [6.45, 7) is 8.10. The molecule has 0 atom stereocenters. The van der Waals surface area contributed by atoms with Gasteiger partial charge < -0.3 is 5.73 Å². The number of aromatic nitrogens is 1. The maximum absolute atomic E-state index is 13.3. The third-order valence-electron chi connectivity index (χ3n) is 5.07. The topological polar surface area (TPSA) is 62.5 Å². The molecule has 2 N–H and O–H groups in total. The van der Waals surface area contributed by atoms with E-state index >= 15 is 0 Å². The number of hydrogen-bond donors (Lipinski definition) is 1. The molecule has 5 nitrogen and oxygen atoms in total. The summed E-state index contributed by atoms with van der Waals surface area (Å²) in [6, 6.07) is 1.91. The first-order valence-electron chi connectivity index (χ1n) is 9.38. The fourth-order valence-electron chi connectivity index (χ4n) is 3.89. The van der Waals surface area contributed by atoms with Gasteiger partial charge in [0.2, 0.25) is 5.91 Å². The van der Waals surface area contributed by atoms with Gasteiger partial charge in [0.15, 0.2) is 0 Å². The van der Waals surface area contributed by atoms with Crippen molar-refractivity contribution in [2.75, 3.05) is 23.8 Å². The number of hydrogen-bond acceptors (Lipinski definition) is 4. The number of amides is 1. The molecular formula is C19H32N4O. The van der Waals surface area contributed by atoms with Crippen molar-refractivity contribution in [3.63, 3.8) is 0 Å². The molecule has 0 unspecified atom stereocenters. The number of hydrazine groups is 1. The summed E-state index contributed by atoms with van der Waals surface area (Å²) in [6.07, 6.45) is 10.5. The van der Waals surface area contributed by atoms with Crippen molar-refractivity contribution in [2.24, 2.45) is 5.41 Å². The number of pyridine rings is 1. The number of carbonyl (C=O) groups excluding carboxylic acids is 1. The van der Waals surface area contributed by atoms with Crippen molar-refractivity contribution in [1.82, 2.24) is 9.99 Å². The van der Waals surface area contributed by atoms with Crippen LogP contribution in [0.1, 0.15) is 65.7 Å². The van der Waals surface area contributed by atoms with Crippen LogP contribution in [0.3, 0.4) is 0 Å². The van der Waals surface area contributed by atoms with Crippen molar-refractivity contribution in [2.45, 2.75) is 65.7 Å². The van der Waals surface area contributed by atoms with Crippen molar-refractivity contribution in [1.29, 1.82) is 0 Å². The number of rotatable bonds is 9. The van der Waals surface area contributed by atoms with E-state index in [9.17, 15) is 4.79 Å². The maximum atomic E-state index is 13.3. The Bertz CT molecular complexity index is 540. The van der Waals surface area contributed by atoms with Crippen LogP contribution in [-0.4, -0.2) is 29.0 Å². The molecule has 2 rings (SSSR count). The van der Waals surface area contributed by atoms with Crippen LogP contribution in [0.15, 0.2) is 18.5 Å². The van der Waals surface area contributed by atoms with E-state index in [4.69, 9.17) is 5.73 Å². The molecular weight excluding hydrogens is 300 g/mol. The second-order valence-electron chi connectivity index (χ2n) is 6.87. The predicted octanol–water partition coefficient (Wildman–Crippen LogP) is 4.00. The molecule has 0 spiro atoms. The molecule has 0 aromatic carbocycles. The summed E-state index contributed by atoms with van der Waals surface area (Å²) >= 11 is 0. The van der Waals surface area contributed by atoms with Gasteiger partial charge in [-0.15, -0.1) is 0 Å². The predicted molar refractivity (Wildman–Crippen MR) is 99.5 cm³/mol. The van der Waals surface area contributed by atoms with Crippen LogP contribution in [0.4, 0.5) is 11.4 Å². The van der Waals surface area contributed by atoms with Crippen LogP contribution in [0.25, 0.3) is 0 Å². The van der Waals surface area contributed by atoms with Gasteiger partial charge in [-0.1, -0.05) is 40.0 Å². The van der Waals surface area contributed by atoms with Crippen LogP contribution in [0, 0.1) is 5.41 Å². The molecule has 1 aliphatic heterocycles. The van der Waals surface area contributed by atoms with Gasteiger partial charge in [-0.2, -0.15) is 0 Å². The van der Waals surface area contributed by atoms with Crippen LogP contribution in [0.2, 0.25) is 0 Å². The van der Waals surface area contributed by atoms with Gasteiger partial charge >= 0.3 is 0 Å². The average Bonchev–Trinajstić information content (AvgIpc) is 2.87. The van der Waals surface area contributed by atoms with Crippen molar-refractivity contribution >= 4 is 17.3 Å². The Hall–Kier alpha value is -1.78. The molecule has 0 bridgehead atoms. The average molecular weight is 332 g/mol. The number of nitrogen functional groups attached to an aromatic ring is 1. The van der Waals surface area contributed by atoms with E-state index in [1.807, 2.05) is 11.1 Å². The molecule has 1 saturated heterocycles. The molecule has 1 fully saturated rings. The molecule has 0 aliphatic carbocycles. The van der Waals surface area contributed by atoms with Crippen molar-refractivity contribution < 1.29 is 4.79 Å². The second-order valence-corrected chi connectivity index (χ2v) is 6.87. The first-order chi connectivity index (χ1) is 11.6. The molecule has 1 aromatic rings. The molecule has 1 amide bonds. The fourth-order valence-corrected chi connectivity index (χ4v) is 3.89. The minimum absolute atomic E-state index is 0.185. The molecule has 2 heterocycles. The van der Waals surface area contributed by atoms with Crippen LogP contribution in [-0.2, 0) is 4.79 Å². The highest BCUT2D eigenvalue weighted by atomic mass is 16.2. The number of anilines is 2. The fraction of sp³-hybridized carbons (Fsp3) is 0.684. The summed E-state index contributed by atoms with van der Waals surface area (Å²) in [5.41, 5.74) is 7.49. The highest BCUT2D eigenvalue weighted by Crippen LogP contribution is 2.42. The molecule has 1 aromatic heterocycles. The molecule has 0 radical (unpaired) electrons. The molecule has 134 valence electrons. The van der Waals surface area contributed by atoms with Gasteiger partial charge in [-0.25, -0.2) is 0 Å². The summed E-state index contributed by atoms with van der Waals surface area (Å²) in [4.78, 5) is 17.4. The first-order valence-corrected chi connectivity index (χ1v) is 9.38. The summed E-state index contributed by atoms with van der Waals surface area (Å²) in [5, 5.41) is 4.04. The zero-order chi connectivity index (χ0) is 17.6. The van der Waals surface area contributed by atoms with Crippen LogP contribution in [0.5, 0.6) is 0 Å². The minimum Gasteiger partial charge on any atom is -0.396 e. The Kier molecular flexibility index (Phi) is 6.46. The minimum atomic E-state index is -0.185. The third-order valence-corrected chi connectivity index (χ3v) is 5.07. The van der Waals surface area contributed by atoms with E-state index in [0.29, 0.717) is 5.69 Å². The third kappa shape index (κ3) is 3.65. The molecule has 5 heteroatoms. The van der Waals surface area contributed by atoms with Crippen molar-refractivity contribution in [3.05, 3.63) is 18.5 Å². The molecule has 1 aliphatic rings. The highest BCUT2D eigenvalue weighted by Gasteiger charge is 2.47. The van der Waals surface area contributed by atoms with E-state index < -0.39 is 0 Å². The number of nitrogens with two attached hydrogens (primary N) is 1. The van der Waals surface area contributed by atoms with Gasteiger partial charge in [0.25, 0.3) is 0 Å². The standard InChI is InChI=1S/C19H32N4O/c1-4-7-13-22(17-8-12-21-15-16(17)20)23-14-11-19(9-5-2,10-6-3)18(23)24/h8,12,15H,4-7,9-11,13-14,20H2,1-3H3. The van der Waals surface area contributed by atoms with E-state index in [1.165, 1.54) is 0 Å². The monoisotopic (exact) mass is 332 g/mol. The lowest BCUT2D eigenvalue weighted by atomic mass is 9.78. The number of carbonyl (C=O) groups is 1. The molecule has 0 saturated carbocycles. The maximum Gasteiger partial charge on any atom is 0.247 e. The Balaban J connectivity index is 2.30. The smallest absolute Gasteiger partial charge is 0.247 e. The van der Waals surface area contributed by atoms with Crippen LogP contribution < -0.4 is 10.7 Å². The first kappa shape index (κ1) is 18.6. The SMILES string of the molecule is CCCCN(c1ccncc1N)N1CCC(CCC)(CCC)C1=O. The van der Waals surface area contributed by atoms with E-state index in [2.05, 4.69) is 30.8 Å². The Morgan fingerprint density at radius 1 is 1.25 bits per heavy atom. The van der Waals surface area contributed by atoms with Gasteiger partial charge in [0, 0.05) is 19.3 Å². The van der Waals surface area contributed by atoms with Gasteiger partial charge in [0.1, 0.15) is 0 Å². The Morgan fingerprint density at radius 2 is 1.96 bits per heavy atom. The lowest BCUT2D eigenvalue weighted by Crippen LogP contribution is -2.47. The van der Waals surface area contributed by atoms with E-state index in [-0.39, 0.29) is 11.3 Å². The summed E-state index contributed by atoms with van der Waals surface area (Å²) < 4.78 is 0. The lowest BCUT2D eigenvalue weighted by molar-refractivity contribution is -0.137. The second kappa shape index (κ2) is 8.36. The van der Waals surface area contributed by atoms with Crippen molar-refractivity contribution in [3.8, 4) is 0 Å². The summed E-state index contributed by atoms with van der Waals surface area (Å²) in [5.74, 6) is 0.276. The zero-order valence-corrected chi connectivity index (χ0v) is 15.4. The number of nitrogens with zero attached hydrogens (tertiary/aromatic N) is 3. The number of unbranched alkanes of at least 4 members (excludes halogenated alkanes) is 1. The van der Waals surface area contributed by atoms with Crippen LogP contribution >= 0.6 is 0 Å².